The van der Waals surface area contributed by atoms with Crippen molar-refractivity contribution in [3.05, 3.63) is 65.5 Å². The quantitative estimate of drug-likeness (QED) is 0.572. The first-order valence-electron chi connectivity index (χ1n) is 5.98. The molecule has 1 aliphatic carbocycles. The van der Waals surface area contributed by atoms with Gasteiger partial charge in [0.1, 0.15) is 17.6 Å². The molecule has 4 nitrogen and oxygen atoms in total. The zero-order chi connectivity index (χ0) is 13.2. The predicted molar refractivity (Wildman–Crippen MR) is 68.4 cm³/mol. The second-order valence-corrected chi connectivity index (χ2v) is 4.29. The fourth-order valence-corrected chi connectivity index (χ4v) is 2.11. The van der Waals surface area contributed by atoms with Gasteiger partial charge >= 0.3 is 6.16 Å². The van der Waals surface area contributed by atoms with Gasteiger partial charge < -0.3 is 14.6 Å². The molecule has 0 radical (unpaired) electrons. The lowest BCUT2D eigenvalue weighted by atomic mass is 10.0. The highest BCUT2D eigenvalue weighted by Gasteiger charge is 2.22. The number of fused-ring (bicyclic) bond motifs is 2. The van der Waals surface area contributed by atoms with Crippen LogP contribution in [0, 0.1) is 0 Å². The molecule has 96 valence electrons. The van der Waals surface area contributed by atoms with E-state index < -0.39 is 12.3 Å². The van der Waals surface area contributed by atoms with E-state index >= 15 is 0 Å². The highest BCUT2D eigenvalue weighted by molar-refractivity contribution is 5.67. The van der Waals surface area contributed by atoms with Crippen molar-refractivity contribution in [2.45, 2.75) is 12.5 Å². The van der Waals surface area contributed by atoms with E-state index in [2.05, 4.69) is 0 Å². The lowest BCUT2D eigenvalue weighted by Gasteiger charge is -2.12. The number of aliphatic hydroxyl groups excluding tert-OH is 1. The molecule has 1 N–H and O–H groups in total. The van der Waals surface area contributed by atoms with Crippen LogP contribution in [0.3, 0.4) is 0 Å². The molecular weight excluding hydrogens is 244 g/mol. The summed E-state index contributed by atoms with van der Waals surface area (Å²) in [5.74, 6) is 0.725. The standard InChI is InChI=1S/C15H12O4/c16-12-9-10-5-1-3-7-13(10)18-15(17)19-14-8-4-2-6-11(12)14/h1-4,6-9,12,16H,5H2. The van der Waals surface area contributed by atoms with Crippen molar-refractivity contribution in [1.82, 2.24) is 0 Å². The van der Waals surface area contributed by atoms with Gasteiger partial charge in [-0.15, -0.1) is 0 Å². The van der Waals surface area contributed by atoms with E-state index in [9.17, 15) is 9.90 Å². The number of allylic oxidation sites excluding steroid dienone is 4. The second kappa shape index (κ2) is 4.74. The molecule has 19 heavy (non-hydrogen) atoms. The molecule has 1 aromatic rings. The second-order valence-electron chi connectivity index (χ2n) is 4.29. The molecule has 1 atom stereocenters. The Hall–Kier alpha value is -2.33. The van der Waals surface area contributed by atoms with E-state index in [0.29, 0.717) is 23.5 Å². The van der Waals surface area contributed by atoms with Crippen LogP contribution in [0.15, 0.2) is 59.9 Å². The zero-order valence-corrected chi connectivity index (χ0v) is 10.1. The van der Waals surface area contributed by atoms with Gasteiger partial charge in [0, 0.05) is 5.56 Å². The maximum Gasteiger partial charge on any atom is 0.519 e. The van der Waals surface area contributed by atoms with E-state index in [1.165, 1.54) is 0 Å². The SMILES string of the molecule is O=C1OC2=CC=CCC2=CC(O)c2ccccc2O1. The summed E-state index contributed by atoms with van der Waals surface area (Å²) in [6.45, 7) is 0. The van der Waals surface area contributed by atoms with Gasteiger partial charge in [-0.25, -0.2) is 4.79 Å². The molecule has 3 rings (SSSR count). The Kier molecular flexibility index (Phi) is 2.93. The van der Waals surface area contributed by atoms with E-state index in [1.54, 1.807) is 42.5 Å². The lowest BCUT2D eigenvalue weighted by molar-refractivity contribution is 0.127. The minimum atomic E-state index is -0.837. The molecule has 1 aliphatic heterocycles. The maximum atomic E-state index is 11.7. The van der Waals surface area contributed by atoms with Crippen molar-refractivity contribution >= 4 is 6.16 Å². The molecule has 4 heteroatoms. The van der Waals surface area contributed by atoms with Crippen LogP contribution in [-0.2, 0) is 4.74 Å². The first-order valence-corrected chi connectivity index (χ1v) is 5.98. The topological polar surface area (TPSA) is 55.8 Å². The summed E-state index contributed by atoms with van der Waals surface area (Å²) < 4.78 is 10.3. The molecule has 0 fully saturated rings. The molecule has 0 amide bonds. The number of carbonyl (C=O) groups excluding carboxylic acids is 1. The van der Waals surface area contributed by atoms with Crippen LogP contribution < -0.4 is 4.74 Å². The number of carbonyl (C=O) groups is 1. The van der Waals surface area contributed by atoms with Crippen molar-refractivity contribution in [2.24, 2.45) is 0 Å². The summed E-state index contributed by atoms with van der Waals surface area (Å²) in [7, 11) is 0. The fraction of sp³-hybridized carbons (Fsp3) is 0.133. The van der Waals surface area contributed by atoms with E-state index in [0.717, 1.165) is 5.57 Å². The Bertz CT molecular complexity index is 610. The van der Waals surface area contributed by atoms with Gasteiger partial charge in [-0.05, 0) is 30.2 Å². The average molecular weight is 256 g/mol. The summed E-state index contributed by atoms with van der Waals surface area (Å²) in [5, 5.41) is 10.2. The van der Waals surface area contributed by atoms with Gasteiger partial charge in [0.25, 0.3) is 0 Å². The summed E-state index contributed by atoms with van der Waals surface area (Å²) in [6, 6.07) is 6.86. The van der Waals surface area contributed by atoms with Crippen molar-refractivity contribution in [3.63, 3.8) is 0 Å². The summed E-state index contributed by atoms with van der Waals surface area (Å²) in [5.41, 5.74) is 1.31. The Morgan fingerprint density at radius 3 is 2.95 bits per heavy atom. The van der Waals surface area contributed by atoms with Crippen LogP contribution >= 0.6 is 0 Å². The van der Waals surface area contributed by atoms with Crippen molar-refractivity contribution < 1.29 is 19.4 Å². The number of aliphatic hydroxyl groups is 1. The van der Waals surface area contributed by atoms with Gasteiger partial charge in [-0.3, -0.25) is 0 Å². The van der Waals surface area contributed by atoms with Gasteiger partial charge in [0.15, 0.2) is 0 Å². The molecule has 0 saturated carbocycles. The molecule has 1 unspecified atom stereocenters. The maximum absolute atomic E-state index is 11.7. The Balaban J connectivity index is 2.09. The van der Waals surface area contributed by atoms with E-state index in [1.807, 2.05) is 6.08 Å². The number of rotatable bonds is 0. The highest BCUT2D eigenvalue weighted by atomic mass is 16.7. The normalized spacial score (nSPS) is 21.5. The largest absolute Gasteiger partial charge is 0.519 e. The summed E-state index contributed by atoms with van der Waals surface area (Å²) in [6.07, 6.45) is 6.07. The minimum absolute atomic E-state index is 0.309. The molecule has 1 heterocycles. The van der Waals surface area contributed by atoms with Gasteiger partial charge in [-0.2, -0.15) is 0 Å². The van der Waals surface area contributed by atoms with Crippen LogP contribution in [0.5, 0.6) is 5.75 Å². The highest BCUT2D eigenvalue weighted by Crippen LogP contribution is 2.32. The zero-order valence-electron chi connectivity index (χ0n) is 10.1. The lowest BCUT2D eigenvalue weighted by Crippen LogP contribution is -2.12. The predicted octanol–water partition coefficient (Wildman–Crippen LogP) is 3.02. The van der Waals surface area contributed by atoms with Gasteiger partial charge in [0.05, 0.1) is 0 Å². The Labute approximate surface area is 110 Å². The molecule has 0 spiro atoms. The molecule has 0 saturated heterocycles. The number of para-hydroxylation sites is 1. The van der Waals surface area contributed by atoms with Crippen LogP contribution in [0.25, 0.3) is 0 Å². The van der Waals surface area contributed by atoms with Gasteiger partial charge in [-0.1, -0.05) is 30.4 Å². The Morgan fingerprint density at radius 1 is 1.21 bits per heavy atom. The molecule has 0 bridgehead atoms. The number of benzene rings is 1. The number of ether oxygens (including phenoxy) is 2. The first kappa shape index (κ1) is 11.7. The first-order chi connectivity index (χ1) is 9.24. The third-order valence-corrected chi connectivity index (χ3v) is 3.02. The summed E-state index contributed by atoms with van der Waals surface area (Å²) in [4.78, 5) is 11.7. The summed E-state index contributed by atoms with van der Waals surface area (Å²) >= 11 is 0. The third kappa shape index (κ3) is 2.30. The van der Waals surface area contributed by atoms with Gasteiger partial charge in [0.2, 0.25) is 0 Å². The van der Waals surface area contributed by atoms with Crippen LogP contribution in [0.1, 0.15) is 18.1 Å². The molecular formula is C15H12O4. The van der Waals surface area contributed by atoms with E-state index in [4.69, 9.17) is 9.47 Å². The van der Waals surface area contributed by atoms with E-state index in [-0.39, 0.29) is 0 Å². The smallest absolute Gasteiger partial charge is 0.394 e. The number of hydrogen-bond acceptors (Lipinski definition) is 4. The Morgan fingerprint density at radius 2 is 2.05 bits per heavy atom. The van der Waals surface area contributed by atoms with Crippen LogP contribution in [-0.4, -0.2) is 11.3 Å². The number of hydrogen-bond donors (Lipinski definition) is 1. The minimum Gasteiger partial charge on any atom is -0.394 e. The fourth-order valence-electron chi connectivity index (χ4n) is 2.11. The van der Waals surface area contributed by atoms with Crippen molar-refractivity contribution in [3.8, 4) is 5.75 Å². The average Bonchev–Trinajstić information content (AvgIpc) is 2.45. The monoisotopic (exact) mass is 256 g/mol. The molecule has 0 aromatic heterocycles. The van der Waals surface area contributed by atoms with Crippen molar-refractivity contribution in [1.29, 1.82) is 0 Å². The van der Waals surface area contributed by atoms with Crippen LogP contribution in [0.2, 0.25) is 0 Å². The van der Waals surface area contributed by atoms with Crippen molar-refractivity contribution in [2.75, 3.05) is 0 Å². The third-order valence-electron chi connectivity index (χ3n) is 3.02. The van der Waals surface area contributed by atoms with Crippen LogP contribution in [0.4, 0.5) is 4.79 Å². The molecule has 1 aromatic carbocycles. The molecule has 2 aliphatic rings.